The van der Waals surface area contributed by atoms with Crippen LogP contribution in [0.4, 0.5) is 5.82 Å². The quantitative estimate of drug-likeness (QED) is 0.739. The van der Waals surface area contributed by atoms with Crippen molar-refractivity contribution in [1.29, 1.82) is 0 Å². The highest BCUT2D eigenvalue weighted by atomic mass is 16.3. The number of amides is 1. The molecule has 3 rings (SSSR count). The van der Waals surface area contributed by atoms with Crippen molar-refractivity contribution in [2.45, 2.75) is 6.92 Å². The minimum Gasteiger partial charge on any atom is -0.449 e. The molecule has 0 N–H and O–H groups in total. The summed E-state index contributed by atoms with van der Waals surface area (Å²) in [7, 11) is 1.65. The van der Waals surface area contributed by atoms with Crippen LogP contribution >= 0.6 is 0 Å². The van der Waals surface area contributed by atoms with Gasteiger partial charge in [0.05, 0.1) is 6.20 Å². The number of aromatic nitrogens is 2. The van der Waals surface area contributed by atoms with Gasteiger partial charge in [0, 0.05) is 18.2 Å². The second-order valence-electron chi connectivity index (χ2n) is 4.58. The van der Waals surface area contributed by atoms with E-state index in [1.807, 2.05) is 19.1 Å². The molecule has 0 radical (unpaired) electrons. The van der Waals surface area contributed by atoms with Crippen molar-refractivity contribution in [2.75, 3.05) is 11.9 Å². The summed E-state index contributed by atoms with van der Waals surface area (Å²) in [5.74, 6) is 0.767. The third-order valence-corrected chi connectivity index (χ3v) is 3.21. The monoisotopic (exact) mass is 283 g/mol. The van der Waals surface area contributed by atoms with Crippen LogP contribution in [-0.4, -0.2) is 22.9 Å². The molecule has 6 heteroatoms. The molecule has 0 unspecified atom stereocenters. The number of aryl methyl sites for hydroxylation is 1. The van der Waals surface area contributed by atoms with E-state index in [4.69, 9.17) is 8.83 Å². The second-order valence-corrected chi connectivity index (χ2v) is 4.58. The first-order valence-electron chi connectivity index (χ1n) is 6.33. The molecule has 0 saturated heterocycles. The average Bonchev–Trinajstić information content (AvgIpc) is 3.19. The van der Waals surface area contributed by atoms with Crippen LogP contribution in [0.3, 0.4) is 0 Å². The Morgan fingerprint density at radius 2 is 2.14 bits per heavy atom. The standard InChI is InChI=1S/C15H13N3O3/c1-10-3-4-11(14-16-5-6-21-14)7-12(10)15(19)18(2)13-8-20-9-17-13/h3-9H,1-2H3. The molecule has 0 atom stereocenters. The molecular formula is C15H13N3O3. The van der Waals surface area contributed by atoms with Crippen molar-refractivity contribution >= 4 is 11.7 Å². The first kappa shape index (κ1) is 13.1. The van der Waals surface area contributed by atoms with Gasteiger partial charge in [0.1, 0.15) is 12.5 Å². The molecule has 1 amide bonds. The van der Waals surface area contributed by atoms with Crippen molar-refractivity contribution in [2.24, 2.45) is 0 Å². The van der Waals surface area contributed by atoms with Gasteiger partial charge in [0.15, 0.2) is 12.2 Å². The zero-order valence-corrected chi connectivity index (χ0v) is 11.6. The van der Waals surface area contributed by atoms with Gasteiger partial charge < -0.3 is 8.83 Å². The van der Waals surface area contributed by atoms with E-state index in [-0.39, 0.29) is 5.91 Å². The van der Waals surface area contributed by atoms with Gasteiger partial charge >= 0.3 is 0 Å². The maximum atomic E-state index is 12.6. The molecule has 0 spiro atoms. The number of hydrogen-bond acceptors (Lipinski definition) is 5. The minimum atomic E-state index is -0.171. The van der Waals surface area contributed by atoms with Crippen LogP contribution in [0.15, 0.2) is 52.2 Å². The molecular weight excluding hydrogens is 270 g/mol. The predicted octanol–water partition coefficient (Wildman–Crippen LogP) is 2.91. The maximum Gasteiger partial charge on any atom is 0.259 e. The lowest BCUT2D eigenvalue weighted by molar-refractivity contribution is 0.0991. The zero-order valence-electron chi connectivity index (χ0n) is 11.6. The summed E-state index contributed by atoms with van der Waals surface area (Å²) >= 11 is 0. The molecule has 3 aromatic rings. The number of rotatable bonds is 3. The Morgan fingerprint density at radius 1 is 1.29 bits per heavy atom. The zero-order chi connectivity index (χ0) is 14.8. The van der Waals surface area contributed by atoms with E-state index in [0.29, 0.717) is 17.3 Å². The SMILES string of the molecule is Cc1ccc(-c2ncco2)cc1C(=O)N(C)c1cocn1. The Balaban J connectivity index is 1.98. The molecule has 0 aliphatic carbocycles. The fraction of sp³-hybridized carbons (Fsp3) is 0.133. The van der Waals surface area contributed by atoms with Crippen molar-refractivity contribution in [3.63, 3.8) is 0 Å². The van der Waals surface area contributed by atoms with Crippen molar-refractivity contribution in [3.8, 4) is 11.5 Å². The van der Waals surface area contributed by atoms with E-state index in [2.05, 4.69) is 9.97 Å². The van der Waals surface area contributed by atoms with E-state index < -0.39 is 0 Å². The lowest BCUT2D eigenvalue weighted by Gasteiger charge is -2.15. The van der Waals surface area contributed by atoms with E-state index >= 15 is 0 Å². The lowest BCUT2D eigenvalue weighted by atomic mass is 10.0. The molecule has 106 valence electrons. The molecule has 2 heterocycles. The van der Waals surface area contributed by atoms with Crippen LogP contribution < -0.4 is 4.90 Å². The normalized spacial score (nSPS) is 10.6. The van der Waals surface area contributed by atoms with Gasteiger partial charge in [-0.05, 0) is 24.6 Å². The summed E-state index contributed by atoms with van der Waals surface area (Å²) in [6, 6.07) is 5.50. The van der Waals surface area contributed by atoms with Gasteiger partial charge in [-0.1, -0.05) is 6.07 Å². The van der Waals surface area contributed by atoms with Gasteiger partial charge in [-0.3, -0.25) is 9.69 Å². The number of oxazole rings is 2. The van der Waals surface area contributed by atoms with E-state index in [1.54, 1.807) is 19.3 Å². The first-order chi connectivity index (χ1) is 10.2. The molecule has 2 aromatic heterocycles. The predicted molar refractivity (Wildman–Crippen MR) is 75.9 cm³/mol. The van der Waals surface area contributed by atoms with Crippen LogP contribution in [0.2, 0.25) is 0 Å². The largest absolute Gasteiger partial charge is 0.449 e. The highest BCUT2D eigenvalue weighted by Gasteiger charge is 2.18. The number of benzene rings is 1. The Kier molecular flexibility index (Phi) is 3.27. The van der Waals surface area contributed by atoms with Crippen molar-refractivity contribution in [3.05, 3.63) is 54.4 Å². The van der Waals surface area contributed by atoms with Crippen LogP contribution in [0, 0.1) is 6.92 Å². The average molecular weight is 283 g/mol. The van der Waals surface area contributed by atoms with Gasteiger partial charge in [-0.15, -0.1) is 0 Å². The summed E-state index contributed by atoms with van der Waals surface area (Å²) < 4.78 is 10.2. The summed E-state index contributed by atoms with van der Waals surface area (Å²) in [4.78, 5) is 22.1. The lowest BCUT2D eigenvalue weighted by Crippen LogP contribution is -2.27. The Bertz CT molecular complexity index is 749. The van der Waals surface area contributed by atoms with E-state index in [0.717, 1.165) is 11.1 Å². The highest BCUT2D eigenvalue weighted by Crippen LogP contribution is 2.23. The smallest absolute Gasteiger partial charge is 0.259 e. The molecule has 21 heavy (non-hydrogen) atoms. The number of carbonyl (C=O) groups is 1. The van der Waals surface area contributed by atoms with Crippen molar-refractivity contribution in [1.82, 2.24) is 9.97 Å². The van der Waals surface area contributed by atoms with Crippen LogP contribution in [0.1, 0.15) is 15.9 Å². The van der Waals surface area contributed by atoms with Crippen molar-refractivity contribution < 1.29 is 13.6 Å². The topological polar surface area (TPSA) is 72.4 Å². The second kappa shape index (κ2) is 5.24. The van der Waals surface area contributed by atoms with Crippen LogP contribution in [0.5, 0.6) is 0 Å². The highest BCUT2D eigenvalue weighted by molar-refractivity contribution is 6.06. The molecule has 0 bridgehead atoms. The molecule has 0 fully saturated rings. The van der Waals surface area contributed by atoms with E-state index in [1.165, 1.54) is 23.8 Å². The Hall–Kier alpha value is -2.89. The molecule has 1 aromatic carbocycles. The van der Waals surface area contributed by atoms with Gasteiger partial charge in [0.2, 0.25) is 5.89 Å². The molecule has 0 saturated carbocycles. The fourth-order valence-corrected chi connectivity index (χ4v) is 2.01. The fourth-order valence-electron chi connectivity index (χ4n) is 2.01. The van der Waals surface area contributed by atoms with Gasteiger partial charge in [0.25, 0.3) is 5.91 Å². The Morgan fingerprint density at radius 3 is 2.81 bits per heavy atom. The van der Waals surface area contributed by atoms with Gasteiger partial charge in [-0.25, -0.2) is 4.98 Å². The summed E-state index contributed by atoms with van der Waals surface area (Å²) in [5, 5.41) is 0. The summed E-state index contributed by atoms with van der Waals surface area (Å²) in [5.41, 5.74) is 2.18. The van der Waals surface area contributed by atoms with Crippen LogP contribution in [0.25, 0.3) is 11.5 Å². The third-order valence-electron chi connectivity index (χ3n) is 3.21. The number of nitrogens with zero attached hydrogens (tertiary/aromatic N) is 3. The maximum absolute atomic E-state index is 12.6. The Labute approximate surface area is 121 Å². The number of hydrogen-bond donors (Lipinski definition) is 0. The molecule has 6 nitrogen and oxygen atoms in total. The molecule has 0 aliphatic heterocycles. The number of carbonyl (C=O) groups excluding carboxylic acids is 1. The molecule has 0 aliphatic rings. The first-order valence-corrected chi connectivity index (χ1v) is 6.33. The van der Waals surface area contributed by atoms with Crippen LogP contribution in [-0.2, 0) is 0 Å². The minimum absolute atomic E-state index is 0.171. The number of anilines is 1. The third kappa shape index (κ3) is 2.43. The summed E-state index contributed by atoms with van der Waals surface area (Å²) in [6.45, 7) is 1.88. The van der Waals surface area contributed by atoms with Gasteiger partial charge in [-0.2, -0.15) is 4.98 Å². The van der Waals surface area contributed by atoms with E-state index in [9.17, 15) is 4.79 Å². The summed E-state index contributed by atoms with van der Waals surface area (Å²) in [6.07, 6.45) is 5.77.